The maximum Gasteiger partial charge on any atom is 0.475 e. The first kappa shape index (κ1) is 42.6. The summed E-state index contributed by atoms with van der Waals surface area (Å²) in [5, 5.41) is -0.279. The van der Waals surface area contributed by atoms with Gasteiger partial charge in [-0.3, -0.25) is 42.3 Å². The van der Waals surface area contributed by atoms with Crippen LogP contribution in [0.15, 0.2) is 49.8 Å². The van der Waals surface area contributed by atoms with E-state index in [0.717, 1.165) is 0 Å². The fraction of sp³-hybridized carbons (Fsp3) is 0.714. The third-order valence-electron chi connectivity index (χ3n) is 11.4. The number of aromatic nitrogens is 4. The minimum atomic E-state index is -4.39. The van der Waals surface area contributed by atoms with Gasteiger partial charge in [0.25, 0.3) is 11.1 Å². The van der Waals surface area contributed by atoms with E-state index in [1.807, 2.05) is 6.08 Å². The van der Waals surface area contributed by atoms with Gasteiger partial charge in [-0.15, -0.1) is 0 Å². The van der Waals surface area contributed by atoms with Crippen LogP contribution in [0.2, 0.25) is 36.3 Å². The van der Waals surface area contributed by atoms with Crippen molar-refractivity contribution in [1.29, 1.82) is 0 Å². The molecule has 2 saturated heterocycles. The molecular formula is C35H57N4O12PSi2. The number of hydrogen-bond donors (Lipinski definition) is 2. The number of H-pyrrole nitrogens is 2. The predicted molar refractivity (Wildman–Crippen MR) is 207 cm³/mol. The molecule has 5 rings (SSSR count). The second-order valence-corrected chi connectivity index (χ2v) is 28.6. The van der Waals surface area contributed by atoms with E-state index in [0.29, 0.717) is 12.0 Å². The molecule has 0 aliphatic carbocycles. The minimum absolute atomic E-state index is 0.0825. The van der Waals surface area contributed by atoms with Gasteiger partial charge in [0.1, 0.15) is 30.8 Å². The van der Waals surface area contributed by atoms with Crippen LogP contribution in [0.3, 0.4) is 0 Å². The summed E-state index contributed by atoms with van der Waals surface area (Å²) in [6.07, 6.45) is 2.21. The van der Waals surface area contributed by atoms with E-state index in [-0.39, 0.29) is 36.3 Å². The Hall–Kier alpha value is -2.52. The molecule has 0 saturated carbocycles. The molecule has 0 radical (unpaired) electrons. The average molecular weight is 813 g/mol. The van der Waals surface area contributed by atoms with Crippen molar-refractivity contribution < 1.29 is 36.5 Å². The number of phosphoric ester groups is 1. The zero-order chi connectivity index (χ0) is 40.0. The fourth-order valence-electron chi connectivity index (χ4n) is 6.10. The van der Waals surface area contributed by atoms with Crippen LogP contribution in [-0.4, -0.2) is 80.0 Å². The molecule has 0 aromatic carbocycles. The van der Waals surface area contributed by atoms with Gasteiger partial charge in [0, 0.05) is 36.4 Å². The van der Waals surface area contributed by atoms with Crippen molar-refractivity contribution >= 4 is 24.5 Å². The number of fused-ring (bicyclic) bond motifs is 1. The normalized spacial score (nSPS) is 30.4. The van der Waals surface area contributed by atoms with E-state index in [1.165, 1.54) is 27.6 Å². The monoisotopic (exact) mass is 812 g/mol. The van der Waals surface area contributed by atoms with Crippen LogP contribution in [0, 0.1) is 12.8 Å². The second kappa shape index (κ2) is 15.8. The fourth-order valence-corrected chi connectivity index (χ4v) is 9.86. The number of allylic oxidation sites excluding steroid dienone is 1. The number of phosphoric acid groups is 1. The van der Waals surface area contributed by atoms with E-state index in [1.54, 1.807) is 13.0 Å². The SMILES string of the molecule is Cc1cn([C@H]2C[C@H](O[Si](C)(C)C(C)(C)C)[C@@H](CO[P@]3(=O)OC/C=C\C[C@@H]4[C@H](O3)[C@@H](CO[Si](C)(C)C(C)(C)C)O[C@H]4n3ccc(=O)[nH]c3=O)O2)c(=O)[nH]c1=O. The Morgan fingerprint density at radius 2 is 1.56 bits per heavy atom. The Kier molecular flexibility index (Phi) is 12.5. The lowest BCUT2D eigenvalue weighted by atomic mass is 9.96. The molecule has 0 unspecified atom stereocenters. The largest absolute Gasteiger partial charge is 0.475 e. The molecule has 2 aromatic heterocycles. The van der Waals surface area contributed by atoms with Gasteiger partial charge in [-0.25, -0.2) is 14.2 Å². The molecule has 2 N–H and O–H groups in total. The van der Waals surface area contributed by atoms with Crippen LogP contribution >= 0.6 is 7.82 Å². The van der Waals surface area contributed by atoms with E-state index >= 15 is 0 Å². The number of nitrogens with one attached hydrogen (secondary N) is 2. The molecule has 16 nitrogen and oxygen atoms in total. The Bertz CT molecular complexity index is 1980. The first-order valence-corrected chi connectivity index (χ1v) is 25.7. The first-order chi connectivity index (χ1) is 24.9. The lowest BCUT2D eigenvalue weighted by Gasteiger charge is -2.39. The van der Waals surface area contributed by atoms with Crippen LogP contribution in [-0.2, 0) is 36.5 Å². The number of aromatic amines is 2. The molecule has 8 atom stereocenters. The quantitative estimate of drug-likeness (QED) is 0.184. The number of nitrogens with zero attached hydrogens (tertiary/aromatic N) is 2. The predicted octanol–water partition coefficient (Wildman–Crippen LogP) is 5.09. The number of aryl methyl sites for hydroxylation is 1. The highest BCUT2D eigenvalue weighted by atomic mass is 31.2. The summed E-state index contributed by atoms with van der Waals surface area (Å²) in [6.45, 7) is 22.4. The van der Waals surface area contributed by atoms with Crippen LogP contribution < -0.4 is 22.5 Å². The van der Waals surface area contributed by atoms with Crippen LogP contribution in [0.5, 0.6) is 0 Å². The van der Waals surface area contributed by atoms with E-state index in [9.17, 15) is 23.7 Å². The van der Waals surface area contributed by atoms with E-state index in [4.69, 9.17) is 31.9 Å². The molecule has 0 spiro atoms. The average Bonchev–Trinajstić information content (AvgIpc) is 3.61. The molecule has 3 aliphatic rings. The third kappa shape index (κ3) is 9.36. The molecule has 302 valence electrons. The van der Waals surface area contributed by atoms with Gasteiger partial charge in [-0.2, -0.15) is 0 Å². The van der Waals surface area contributed by atoms with E-state index < -0.39 is 89.7 Å². The Labute approximate surface area is 317 Å². The van der Waals surface area contributed by atoms with Gasteiger partial charge in [-0.05, 0) is 49.6 Å². The molecule has 2 aromatic rings. The number of rotatable bonds is 10. The molecular weight excluding hydrogens is 756 g/mol. The highest BCUT2D eigenvalue weighted by molar-refractivity contribution is 7.48. The molecule has 0 bridgehead atoms. The Balaban J connectivity index is 1.45. The molecule has 2 fully saturated rings. The molecule has 3 aliphatic heterocycles. The lowest BCUT2D eigenvalue weighted by Crippen LogP contribution is -2.46. The summed E-state index contributed by atoms with van der Waals surface area (Å²) >= 11 is 0. The summed E-state index contributed by atoms with van der Waals surface area (Å²) in [6, 6.07) is 1.24. The summed E-state index contributed by atoms with van der Waals surface area (Å²) in [4.78, 5) is 54.6. The number of ether oxygens (including phenoxy) is 2. The van der Waals surface area contributed by atoms with Crippen LogP contribution in [0.25, 0.3) is 0 Å². The van der Waals surface area contributed by atoms with Gasteiger partial charge < -0.3 is 18.3 Å². The Morgan fingerprint density at radius 3 is 2.20 bits per heavy atom. The Morgan fingerprint density at radius 1 is 0.889 bits per heavy atom. The van der Waals surface area contributed by atoms with Gasteiger partial charge in [0.2, 0.25) is 0 Å². The zero-order valence-electron chi connectivity index (χ0n) is 33.2. The summed E-state index contributed by atoms with van der Waals surface area (Å²) in [7, 11) is -9.09. The smallest absolute Gasteiger partial charge is 0.414 e. The van der Waals surface area contributed by atoms with Crippen molar-refractivity contribution in [3.8, 4) is 0 Å². The van der Waals surface area contributed by atoms with Crippen molar-refractivity contribution in [1.82, 2.24) is 19.1 Å². The van der Waals surface area contributed by atoms with E-state index in [2.05, 4.69) is 77.7 Å². The van der Waals surface area contributed by atoms with Gasteiger partial charge in [-0.1, -0.05) is 53.7 Å². The third-order valence-corrected chi connectivity index (χ3v) is 21.9. The highest BCUT2D eigenvalue weighted by Gasteiger charge is 2.52. The van der Waals surface area contributed by atoms with Gasteiger partial charge in [0.05, 0.1) is 25.9 Å². The molecule has 19 heteroatoms. The summed E-state index contributed by atoms with van der Waals surface area (Å²) in [5.74, 6) is -0.561. The zero-order valence-corrected chi connectivity index (χ0v) is 36.1. The minimum Gasteiger partial charge on any atom is -0.414 e. The van der Waals surface area contributed by atoms with Crippen molar-refractivity contribution in [2.24, 2.45) is 5.92 Å². The van der Waals surface area contributed by atoms with Crippen molar-refractivity contribution in [2.75, 3.05) is 19.8 Å². The molecule has 54 heavy (non-hydrogen) atoms. The lowest BCUT2D eigenvalue weighted by molar-refractivity contribution is -0.0574. The van der Waals surface area contributed by atoms with Crippen molar-refractivity contribution in [2.45, 2.75) is 134 Å². The standard InChI is InChI=1S/C35H57N4O12PSi2/c1-22-19-39(33(43)37-30(22)41)28-18-24(51-54(10,11)35(5,6)7)25(48-28)20-46-52(44)45-17-13-12-14-23-29(50-52)26(21-47-53(8,9)34(2,3)4)49-31(23)38-16-15-27(40)36-32(38)42/h12-13,15-16,19,23-26,28-29,31H,14,17-18,20-21H2,1-11H3,(H,36,40,42)(H,37,41,43)/b13-12-/t23-,24+,25-,26-,28-,29+,31-,52+/m1/s1. The maximum absolute atomic E-state index is 14.7. The second-order valence-electron chi connectivity index (χ2n) is 17.4. The summed E-state index contributed by atoms with van der Waals surface area (Å²) < 4.78 is 61.8. The van der Waals surface area contributed by atoms with Gasteiger partial charge >= 0.3 is 19.2 Å². The topological polar surface area (TPSA) is 191 Å². The summed E-state index contributed by atoms with van der Waals surface area (Å²) in [5.41, 5.74) is -1.98. The number of hydrogen-bond acceptors (Lipinski definition) is 12. The molecule has 5 heterocycles. The molecule has 0 amide bonds. The van der Waals surface area contributed by atoms with Crippen LogP contribution in [0.4, 0.5) is 0 Å². The first-order valence-electron chi connectivity index (χ1n) is 18.4. The van der Waals surface area contributed by atoms with Crippen molar-refractivity contribution in [3.63, 3.8) is 0 Å². The van der Waals surface area contributed by atoms with Crippen molar-refractivity contribution in [3.05, 3.63) is 77.9 Å². The van der Waals surface area contributed by atoms with Crippen LogP contribution in [0.1, 0.15) is 72.4 Å². The maximum atomic E-state index is 14.7. The van der Waals surface area contributed by atoms with Gasteiger partial charge in [0.15, 0.2) is 16.6 Å². The highest BCUT2D eigenvalue weighted by Crippen LogP contribution is 2.56.